The third-order valence-corrected chi connectivity index (χ3v) is 3.32. The second-order valence-electron chi connectivity index (χ2n) is 3.95. The van der Waals surface area contributed by atoms with Crippen LogP contribution in [0.4, 0.5) is 5.82 Å². The number of rotatable bonds is 3. The summed E-state index contributed by atoms with van der Waals surface area (Å²) in [5.41, 5.74) is 5.55. The van der Waals surface area contributed by atoms with Gasteiger partial charge in [-0.25, -0.2) is 4.98 Å². The van der Waals surface area contributed by atoms with Gasteiger partial charge in [-0.05, 0) is 28.1 Å². The van der Waals surface area contributed by atoms with E-state index in [1.165, 1.54) is 0 Å². The monoisotopic (exact) mass is 284 g/mol. The van der Waals surface area contributed by atoms with Crippen molar-refractivity contribution in [2.75, 3.05) is 44.2 Å². The van der Waals surface area contributed by atoms with E-state index in [1.54, 1.807) is 0 Å². The number of aromatic nitrogens is 1. The summed E-state index contributed by atoms with van der Waals surface area (Å²) in [6.45, 7) is 5.98. The first kappa shape index (κ1) is 11.8. The van der Waals surface area contributed by atoms with Gasteiger partial charge in [0.2, 0.25) is 0 Å². The molecule has 5 heteroatoms. The molecule has 2 heterocycles. The van der Waals surface area contributed by atoms with E-state index in [0.717, 1.165) is 49.6 Å². The Morgan fingerprint density at radius 2 is 2.00 bits per heavy atom. The molecule has 0 spiro atoms. The fourth-order valence-electron chi connectivity index (χ4n) is 1.94. The Hall–Kier alpha value is -0.650. The van der Waals surface area contributed by atoms with Gasteiger partial charge in [-0.2, -0.15) is 0 Å². The van der Waals surface area contributed by atoms with Crippen LogP contribution < -0.4 is 10.6 Å². The number of anilines is 1. The van der Waals surface area contributed by atoms with Crippen LogP contribution in [0.3, 0.4) is 0 Å². The molecule has 0 amide bonds. The molecule has 2 rings (SSSR count). The Balaban J connectivity index is 1.91. The average Bonchev–Trinajstić information content (AvgIpc) is 2.32. The van der Waals surface area contributed by atoms with Gasteiger partial charge >= 0.3 is 0 Å². The van der Waals surface area contributed by atoms with Crippen molar-refractivity contribution in [3.8, 4) is 0 Å². The van der Waals surface area contributed by atoms with Crippen molar-refractivity contribution in [3.05, 3.63) is 22.8 Å². The minimum absolute atomic E-state index is 0.747. The molecule has 0 aromatic carbocycles. The first-order chi connectivity index (χ1) is 7.79. The number of nitrogens with two attached hydrogens (primary N) is 1. The summed E-state index contributed by atoms with van der Waals surface area (Å²) >= 11 is 3.40. The molecule has 16 heavy (non-hydrogen) atoms. The number of nitrogens with zero attached hydrogens (tertiary/aromatic N) is 3. The maximum absolute atomic E-state index is 5.55. The van der Waals surface area contributed by atoms with Gasteiger partial charge in [-0.3, -0.25) is 4.90 Å². The normalized spacial score (nSPS) is 17.8. The molecule has 0 aliphatic carbocycles. The molecule has 2 N–H and O–H groups in total. The minimum atomic E-state index is 0.747. The fourth-order valence-corrected chi connectivity index (χ4v) is 2.17. The highest BCUT2D eigenvalue weighted by molar-refractivity contribution is 9.10. The van der Waals surface area contributed by atoms with Crippen LogP contribution in [-0.4, -0.2) is 49.2 Å². The largest absolute Gasteiger partial charge is 0.354 e. The minimum Gasteiger partial charge on any atom is -0.354 e. The van der Waals surface area contributed by atoms with Gasteiger partial charge in [0.15, 0.2) is 0 Å². The third kappa shape index (κ3) is 2.93. The second-order valence-corrected chi connectivity index (χ2v) is 4.87. The highest BCUT2D eigenvalue weighted by Crippen LogP contribution is 2.16. The zero-order chi connectivity index (χ0) is 11.4. The molecule has 0 saturated carbocycles. The topological polar surface area (TPSA) is 45.4 Å². The first-order valence-corrected chi connectivity index (χ1v) is 6.38. The van der Waals surface area contributed by atoms with Crippen molar-refractivity contribution in [2.24, 2.45) is 5.73 Å². The molecule has 1 fully saturated rings. The van der Waals surface area contributed by atoms with E-state index in [0.29, 0.717) is 0 Å². The number of hydrogen-bond donors (Lipinski definition) is 1. The van der Waals surface area contributed by atoms with E-state index in [2.05, 4.69) is 36.8 Å². The number of piperazine rings is 1. The standard InChI is InChI=1S/C11H17BrN4/c12-10-1-2-11(14-9-10)16-7-5-15(4-3-13)6-8-16/h1-2,9H,3-8,13H2. The quantitative estimate of drug-likeness (QED) is 0.897. The van der Waals surface area contributed by atoms with Crippen molar-refractivity contribution in [1.29, 1.82) is 0 Å². The van der Waals surface area contributed by atoms with Crippen LogP contribution in [0.25, 0.3) is 0 Å². The van der Waals surface area contributed by atoms with E-state index in [1.807, 2.05) is 12.3 Å². The highest BCUT2D eigenvalue weighted by atomic mass is 79.9. The summed E-state index contributed by atoms with van der Waals surface area (Å²) in [6.07, 6.45) is 1.85. The van der Waals surface area contributed by atoms with Crippen LogP contribution in [0, 0.1) is 0 Å². The Bertz CT molecular complexity index is 319. The summed E-state index contributed by atoms with van der Waals surface area (Å²) in [5.74, 6) is 1.07. The van der Waals surface area contributed by atoms with Crippen LogP contribution in [0.5, 0.6) is 0 Å². The Morgan fingerprint density at radius 1 is 1.25 bits per heavy atom. The van der Waals surface area contributed by atoms with Gasteiger partial charge < -0.3 is 10.6 Å². The molecule has 1 aromatic heterocycles. The molecular weight excluding hydrogens is 268 g/mol. The summed E-state index contributed by atoms with van der Waals surface area (Å²) in [4.78, 5) is 9.13. The molecule has 4 nitrogen and oxygen atoms in total. The van der Waals surface area contributed by atoms with Crippen molar-refractivity contribution in [1.82, 2.24) is 9.88 Å². The van der Waals surface area contributed by atoms with E-state index < -0.39 is 0 Å². The third-order valence-electron chi connectivity index (χ3n) is 2.85. The van der Waals surface area contributed by atoms with Crippen LogP contribution in [0.15, 0.2) is 22.8 Å². The van der Waals surface area contributed by atoms with E-state index >= 15 is 0 Å². The van der Waals surface area contributed by atoms with Crippen molar-refractivity contribution in [2.45, 2.75) is 0 Å². The van der Waals surface area contributed by atoms with E-state index in [4.69, 9.17) is 5.73 Å². The molecule has 0 bridgehead atoms. The fraction of sp³-hybridized carbons (Fsp3) is 0.545. The lowest BCUT2D eigenvalue weighted by Crippen LogP contribution is -2.48. The predicted octanol–water partition coefficient (Wildman–Crippen LogP) is 0.925. The van der Waals surface area contributed by atoms with Gasteiger partial charge in [-0.15, -0.1) is 0 Å². The highest BCUT2D eigenvalue weighted by Gasteiger charge is 2.16. The van der Waals surface area contributed by atoms with Gasteiger partial charge in [0.1, 0.15) is 5.82 Å². The number of pyridine rings is 1. The second kappa shape index (κ2) is 5.61. The van der Waals surface area contributed by atoms with Gasteiger partial charge in [0.25, 0.3) is 0 Å². The number of halogens is 1. The summed E-state index contributed by atoms with van der Waals surface area (Å²) in [5, 5.41) is 0. The van der Waals surface area contributed by atoms with Crippen LogP contribution in [-0.2, 0) is 0 Å². The Labute approximate surface area is 105 Å². The van der Waals surface area contributed by atoms with Crippen molar-refractivity contribution < 1.29 is 0 Å². The van der Waals surface area contributed by atoms with Gasteiger partial charge in [-0.1, -0.05) is 0 Å². The zero-order valence-electron chi connectivity index (χ0n) is 9.27. The van der Waals surface area contributed by atoms with E-state index in [-0.39, 0.29) is 0 Å². The maximum Gasteiger partial charge on any atom is 0.128 e. The molecule has 1 aliphatic heterocycles. The maximum atomic E-state index is 5.55. The molecule has 1 aromatic rings. The summed E-state index contributed by atoms with van der Waals surface area (Å²) in [6, 6.07) is 4.09. The Morgan fingerprint density at radius 3 is 2.56 bits per heavy atom. The summed E-state index contributed by atoms with van der Waals surface area (Å²) < 4.78 is 1.03. The zero-order valence-corrected chi connectivity index (χ0v) is 10.9. The molecule has 88 valence electrons. The lowest BCUT2D eigenvalue weighted by molar-refractivity contribution is 0.264. The van der Waals surface area contributed by atoms with Crippen LogP contribution >= 0.6 is 15.9 Å². The molecule has 0 atom stereocenters. The molecule has 1 saturated heterocycles. The average molecular weight is 285 g/mol. The lowest BCUT2D eigenvalue weighted by atomic mass is 10.3. The number of hydrogen-bond acceptors (Lipinski definition) is 4. The van der Waals surface area contributed by atoms with E-state index in [9.17, 15) is 0 Å². The van der Waals surface area contributed by atoms with Gasteiger partial charge in [0.05, 0.1) is 0 Å². The SMILES string of the molecule is NCCN1CCN(c2ccc(Br)cn2)CC1. The van der Waals surface area contributed by atoms with Crippen molar-refractivity contribution >= 4 is 21.7 Å². The van der Waals surface area contributed by atoms with Gasteiger partial charge in [0, 0.05) is 49.9 Å². The van der Waals surface area contributed by atoms with Crippen molar-refractivity contribution in [3.63, 3.8) is 0 Å². The first-order valence-electron chi connectivity index (χ1n) is 5.58. The predicted molar refractivity (Wildman–Crippen MR) is 69.6 cm³/mol. The molecular formula is C11H17BrN4. The molecule has 0 unspecified atom stereocenters. The molecule has 1 aliphatic rings. The summed E-state index contributed by atoms with van der Waals surface area (Å²) in [7, 11) is 0. The molecule has 0 radical (unpaired) electrons. The smallest absolute Gasteiger partial charge is 0.128 e. The van der Waals surface area contributed by atoms with Crippen LogP contribution in [0.2, 0.25) is 0 Å². The van der Waals surface area contributed by atoms with Crippen LogP contribution in [0.1, 0.15) is 0 Å². The lowest BCUT2D eigenvalue weighted by Gasteiger charge is -2.35. The Kier molecular flexibility index (Phi) is 4.15.